The van der Waals surface area contributed by atoms with Gasteiger partial charge in [0.1, 0.15) is 23.7 Å². The third-order valence-electron chi connectivity index (χ3n) is 4.68. The van der Waals surface area contributed by atoms with Crippen molar-refractivity contribution in [2.75, 3.05) is 11.9 Å². The van der Waals surface area contributed by atoms with E-state index in [0.29, 0.717) is 17.2 Å². The van der Waals surface area contributed by atoms with Crippen LogP contribution in [0.15, 0.2) is 43.1 Å². The summed E-state index contributed by atoms with van der Waals surface area (Å²) < 4.78 is 29.2. The number of aromatic nitrogens is 5. The number of alkyl halides is 1. The largest absolute Gasteiger partial charge is 0.353 e. The Morgan fingerprint density at radius 1 is 1.26 bits per heavy atom. The lowest BCUT2D eigenvalue weighted by molar-refractivity contribution is 0.0963. The van der Waals surface area contributed by atoms with Crippen LogP contribution >= 0.6 is 0 Å². The van der Waals surface area contributed by atoms with Gasteiger partial charge in [-0.3, -0.25) is 4.98 Å². The summed E-state index contributed by atoms with van der Waals surface area (Å²) in [6.07, 6.45) is 7.07. The summed E-state index contributed by atoms with van der Waals surface area (Å²) >= 11 is 0. The molecule has 0 aromatic carbocycles. The minimum Gasteiger partial charge on any atom is -0.353 e. The fourth-order valence-corrected chi connectivity index (χ4v) is 3.29. The Bertz CT molecular complexity index is 987. The van der Waals surface area contributed by atoms with E-state index in [1.807, 2.05) is 6.07 Å². The van der Waals surface area contributed by atoms with Crippen LogP contribution in [0.1, 0.15) is 24.1 Å². The lowest BCUT2D eigenvalue weighted by Gasteiger charge is -2.43. The molecule has 0 aliphatic heterocycles. The summed E-state index contributed by atoms with van der Waals surface area (Å²) in [5.41, 5.74) is 0.585. The lowest BCUT2D eigenvalue weighted by Crippen LogP contribution is -2.49. The maximum atomic E-state index is 14.2. The summed E-state index contributed by atoms with van der Waals surface area (Å²) in [7, 11) is 0. The Morgan fingerprint density at radius 3 is 2.67 bits per heavy atom. The zero-order valence-electron chi connectivity index (χ0n) is 14.2. The third kappa shape index (κ3) is 3.21. The minimum absolute atomic E-state index is 0.205. The van der Waals surface area contributed by atoms with E-state index in [1.54, 1.807) is 18.6 Å². The molecule has 3 aromatic rings. The van der Waals surface area contributed by atoms with Crippen LogP contribution in [0.2, 0.25) is 0 Å². The second-order valence-electron chi connectivity index (χ2n) is 6.52. The highest BCUT2D eigenvalue weighted by Crippen LogP contribution is 2.45. The highest BCUT2D eigenvalue weighted by molar-refractivity contribution is 5.36. The molecule has 0 radical (unpaired) electrons. The average Bonchev–Trinajstić information content (AvgIpc) is 3.14. The molecule has 0 bridgehead atoms. The molecule has 1 aliphatic rings. The Kier molecular flexibility index (Phi) is 4.24. The normalized spacial score (nSPS) is 21.3. The highest BCUT2D eigenvalue weighted by Gasteiger charge is 2.48. The van der Waals surface area contributed by atoms with Crippen LogP contribution in [0.5, 0.6) is 0 Å². The first-order valence-electron chi connectivity index (χ1n) is 8.36. The van der Waals surface area contributed by atoms with Gasteiger partial charge in [0, 0.05) is 24.4 Å². The molecular formula is C18H15F2N7. The molecule has 0 unspecified atom stereocenters. The van der Waals surface area contributed by atoms with Gasteiger partial charge in [0.05, 0.1) is 29.8 Å². The van der Waals surface area contributed by atoms with E-state index in [4.69, 9.17) is 5.26 Å². The van der Waals surface area contributed by atoms with Crippen molar-refractivity contribution in [1.82, 2.24) is 24.7 Å². The molecule has 0 saturated heterocycles. The molecule has 1 aliphatic carbocycles. The molecule has 0 atom stereocenters. The van der Waals surface area contributed by atoms with E-state index >= 15 is 0 Å². The van der Waals surface area contributed by atoms with E-state index in [2.05, 4.69) is 25.4 Å². The fraction of sp³-hybridized carbons (Fsp3) is 0.278. The quantitative estimate of drug-likeness (QED) is 0.745. The van der Waals surface area contributed by atoms with Crippen LogP contribution in [0.4, 0.5) is 14.7 Å². The second-order valence-corrected chi connectivity index (χ2v) is 6.52. The number of halogens is 2. The molecule has 136 valence electrons. The Hall–Kier alpha value is -3.41. The van der Waals surface area contributed by atoms with Crippen molar-refractivity contribution in [2.45, 2.75) is 24.4 Å². The molecule has 7 nitrogen and oxygen atoms in total. The standard InChI is InChI=1S/C18H15F2N7/c19-13-4-18(5-13,16-15(20)2-1-3-22-16)11-25-17-23-8-14(9-24-17)27-10-12(6-21)7-26-27/h1-3,7-10,13H,4-5,11H2,(H,23,24,25). The third-order valence-corrected chi connectivity index (χ3v) is 4.68. The van der Waals surface area contributed by atoms with E-state index in [-0.39, 0.29) is 25.1 Å². The number of rotatable bonds is 5. The van der Waals surface area contributed by atoms with Gasteiger partial charge in [0.25, 0.3) is 0 Å². The predicted octanol–water partition coefficient (Wildman–Crippen LogP) is 2.55. The fourth-order valence-electron chi connectivity index (χ4n) is 3.29. The van der Waals surface area contributed by atoms with Crippen LogP contribution in [0.3, 0.4) is 0 Å². The number of hydrogen-bond donors (Lipinski definition) is 1. The first kappa shape index (κ1) is 17.0. The molecule has 0 spiro atoms. The van der Waals surface area contributed by atoms with Crippen LogP contribution in [-0.2, 0) is 5.41 Å². The number of nitriles is 1. The minimum atomic E-state index is -0.967. The highest BCUT2D eigenvalue weighted by atomic mass is 19.1. The van der Waals surface area contributed by atoms with Gasteiger partial charge in [-0.1, -0.05) is 0 Å². The maximum Gasteiger partial charge on any atom is 0.222 e. The summed E-state index contributed by atoms with van der Waals surface area (Å²) in [6.45, 7) is 0.279. The number of pyridine rings is 1. The van der Waals surface area contributed by atoms with Crippen LogP contribution in [-0.4, -0.2) is 37.4 Å². The molecule has 3 aromatic heterocycles. The van der Waals surface area contributed by atoms with Gasteiger partial charge in [-0.25, -0.2) is 23.4 Å². The van der Waals surface area contributed by atoms with Gasteiger partial charge in [-0.05, 0) is 25.0 Å². The van der Waals surface area contributed by atoms with Gasteiger partial charge < -0.3 is 5.32 Å². The molecule has 0 amide bonds. The molecule has 1 fully saturated rings. The van der Waals surface area contributed by atoms with E-state index in [1.165, 1.54) is 29.2 Å². The number of nitrogens with zero attached hydrogens (tertiary/aromatic N) is 6. The van der Waals surface area contributed by atoms with E-state index in [0.717, 1.165) is 0 Å². The predicted molar refractivity (Wildman–Crippen MR) is 92.4 cm³/mol. The first-order chi connectivity index (χ1) is 13.1. The van der Waals surface area contributed by atoms with E-state index in [9.17, 15) is 8.78 Å². The molecule has 3 heterocycles. The summed E-state index contributed by atoms with van der Waals surface area (Å²) in [6, 6.07) is 4.85. The van der Waals surface area contributed by atoms with Crippen LogP contribution in [0.25, 0.3) is 5.69 Å². The first-order valence-corrected chi connectivity index (χ1v) is 8.36. The van der Waals surface area contributed by atoms with Gasteiger partial charge in [-0.2, -0.15) is 10.4 Å². The molecule has 1 N–H and O–H groups in total. The summed E-state index contributed by atoms with van der Waals surface area (Å²) in [5.74, 6) is -0.0983. The van der Waals surface area contributed by atoms with Gasteiger partial charge in [0.2, 0.25) is 5.95 Å². The van der Waals surface area contributed by atoms with Gasteiger partial charge in [0.15, 0.2) is 0 Å². The maximum absolute atomic E-state index is 14.2. The van der Waals surface area contributed by atoms with Crippen molar-refractivity contribution >= 4 is 5.95 Å². The number of anilines is 1. The van der Waals surface area contributed by atoms with Crippen molar-refractivity contribution in [2.24, 2.45) is 0 Å². The smallest absolute Gasteiger partial charge is 0.222 e. The number of nitrogens with one attached hydrogen (secondary N) is 1. The van der Waals surface area contributed by atoms with Crippen molar-refractivity contribution in [1.29, 1.82) is 5.26 Å². The Labute approximate surface area is 153 Å². The average molecular weight is 367 g/mol. The molecule has 9 heteroatoms. The van der Waals surface area contributed by atoms with E-state index < -0.39 is 17.4 Å². The Balaban J connectivity index is 1.49. The van der Waals surface area contributed by atoms with Crippen LogP contribution in [0, 0.1) is 17.1 Å². The van der Waals surface area contributed by atoms with Crippen molar-refractivity contribution in [3.05, 3.63) is 60.2 Å². The molecule has 4 rings (SSSR count). The molecular weight excluding hydrogens is 352 g/mol. The SMILES string of the molecule is N#Cc1cnn(-c2cnc(NCC3(c4ncccc4F)CC(F)C3)nc2)c1. The van der Waals surface area contributed by atoms with Gasteiger partial charge >= 0.3 is 0 Å². The second kappa shape index (κ2) is 6.72. The van der Waals surface area contributed by atoms with Crippen molar-refractivity contribution in [3.63, 3.8) is 0 Å². The zero-order valence-corrected chi connectivity index (χ0v) is 14.2. The summed E-state index contributed by atoms with van der Waals surface area (Å²) in [4.78, 5) is 12.5. The monoisotopic (exact) mass is 367 g/mol. The van der Waals surface area contributed by atoms with Crippen molar-refractivity contribution < 1.29 is 8.78 Å². The topological polar surface area (TPSA) is 92.3 Å². The van der Waals surface area contributed by atoms with Crippen LogP contribution < -0.4 is 5.32 Å². The zero-order chi connectivity index (χ0) is 18.9. The Morgan fingerprint density at radius 2 is 2.04 bits per heavy atom. The van der Waals surface area contributed by atoms with Crippen molar-refractivity contribution in [3.8, 4) is 11.8 Å². The number of hydrogen-bond acceptors (Lipinski definition) is 6. The summed E-state index contributed by atoms with van der Waals surface area (Å²) in [5, 5.41) is 16.0. The van der Waals surface area contributed by atoms with Gasteiger partial charge in [-0.15, -0.1) is 0 Å². The molecule has 27 heavy (non-hydrogen) atoms. The lowest BCUT2D eigenvalue weighted by atomic mass is 9.65. The molecule has 1 saturated carbocycles.